The van der Waals surface area contributed by atoms with Crippen molar-refractivity contribution in [2.75, 3.05) is 5.73 Å². The Kier molecular flexibility index (Phi) is 7.93. The highest BCUT2D eigenvalue weighted by atomic mass is 79.9. The van der Waals surface area contributed by atoms with E-state index in [1.165, 1.54) is 22.5 Å². The number of ketones is 1. The molecule has 0 saturated heterocycles. The minimum absolute atomic E-state index is 0. The number of aromatic nitrogens is 1. The van der Waals surface area contributed by atoms with Crippen LogP contribution >= 0.6 is 23.1 Å². The summed E-state index contributed by atoms with van der Waals surface area (Å²) in [5.74, 6) is 0.786. The summed E-state index contributed by atoms with van der Waals surface area (Å²) in [6.07, 6.45) is 4.14. The Morgan fingerprint density at radius 3 is 2.19 bits per heavy atom. The lowest BCUT2D eigenvalue weighted by Gasteiger charge is -2.04. The van der Waals surface area contributed by atoms with Crippen molar-refractivity contribution in [3.63, 3.8) is 0 Å². The van der Waals surface area contributed by atoms with Gasteiger partial charge in [-0.05, 0) is 32.4 Å². The van der Waals surface area contributed by atoms with E-state index in [1.54, 1.807) is 11.8 Å². The summed E-state index contributed by atoms with van der Waals surface area (Å²) in [6, 6.07) is 20.0. The molecule has 6 heteroatoms. The molecule has 2 aromatic carbocycles. The molecule has 0 aliphatic heterocycles. The monoisotopic (exact) mass is 524 g/mol. The minimum atomic E-state index is -0.0310. The van der Waals surface area contributed by atoms with Crippen LogP contribution in [0.5, 0.6) is 0 Å². The molecular weight excluding hydrogens is 500 g/mol. The van der Waals surface area contributed by atoms with Crippen LogP contribution in [-0.2, 0) is 5.75 Å². The highest BCUT2D eigenvalue weighted by molar-refractivity contribution is 8.00. The zero-order chi connectivity index (χ0) is 22.0. The number of carbonyl (C=O) groups excluding carboxylic acids is 1. The second-order valence-electron chi connectivity index (χ2n) is 7.75. The molecule has 0 amide bonds. The third kappa shape index (κ3) is 5.31. The van der Waals surface area contributed by atoms with E-state index in [0.717, 1.165) is 26.8 Å². The second-order valence-corrected chi connectivity index (χ2v) is 10.0. The number of thiophene rings is 1. The number of hydrogen-bond acceptors (Lipinski definition) is 4. The van der Waals surface area contributed by atoms with Gasteiger partial charge < -0.3 is 22.7 Å². The molecule has 2 aromatic heterocycles. The normalized spacial score (nSPS) is 10.6. The van der Waals surface area contributed by atoms with Crippen LogP contribution in [0.1, 0.15) is 37.5 Å². The van der Waals surface area contributed by atoms with Gasteiger partial charge in [-0.1, -0.05) is 60.2 Å². The van der Waals surface area contributed by atoms with Crippen molar-refractivity contribution in [2.45, 2.75) is 30.7 Å². The average Bonchev–Trinajstić information content (AvgIpc) is 3.09. The van der Waals surface area contributed by atoms with Crippen LogP contribution in [0.15, 0.2) is 77.3 Å². The van der Waals surface area contributed by atoms with Gasteiger partial charge in [0.25, 0.3) is 5.69 Å². The molecule has 0 unspecified atom stereocenters. The van der Waals surface area contributed by atoms with E-state index in [1.807, 2.05) is 30.3 Å². The van der Waals surface area contributed by atoms with E-state index < -0.39 is 0 Å². The lowest BCUT2D eigenvalue weighted by Crippen LogP contribution is -3.00. The predicted molar refractivity (Wildman–Crippen MR) is 130 cm³/mol. The number of carbonyl (C=O) groups is 1. The quantitative estimate of drug-likeness (QED) is 0.239. The molecule has 32 heavy (non-hydrogen) atoms. The Morgan fingerprint density at radius 2 is 1.56 bits per heavy atom. The maximum absolute atomic E-state index is 13.2. The molecule has 0 spiro atoms. The minimum Gasteiger partial charge on any atom is -1.00 e. The standard InChI is InChI=1S/C26H24N2OS2.BrH/c1-17-9-11-20(12-10-17)16-30-26-23(28-14-18(2)13-19(3)15-28)22(27)25(31-26)24(29)21-7-5-4-6-8-21;/h4-15H,16H2,1-3H3,(H-,27,29);1H. The van der Waals surface area contributed by atoms with Crippen molar-refractivity contribution < 1.29 is 26.3 Å². The van der Waals surface area contributed by atoms with Gasteiger partial charge >= 0.3 is 0 Å². The van der Waals surface area contributed by atoms with Gasteiger partial charge in [0, 0.05) is 22.4 Å². The first-order chi connectivity index (χ1) is 14.9. The Hall–Kier alpha value is -2.41. The largest absolute Gasteiger partial charge is 1.00 e. The van der Waals surface area contributed by atoms with Gasteiger partial charge in [0.2, 0.25) is 5.78 Å². The molecular formula is C26H25BrN2OS2. The molecule has 2 heterocycles. The number of nitrogens with two attached hydrogens (primary N) is 1. The Balaban J connectivity index is 0.00000289. The summed E-state index contributed by atoms with van der Waals surface area (Å²) in [4.78, 5) is 13.8. The van der Waals surface area contributed by atoms with Crippen LogP contribution in [0.2, 0.25) is 0 Å². The fourth-order valence-electron chi connectivity index (χ4n) is 3.52. The molecule has 4 aromatic rings. The van der Waals surface area contributed by atoms with Gasteiger partial charge in [-0.3, -0.25) is 4.79 Å². The number of rotatable bonds is 6. The SMILES string of the molecule is Cc1ccc(CSc2sc(C(=O)c3ccccc3)c(N)c2-[n+]2cc(C)cc(C)c2)cc1.[Br-]. The van der Waals surface area contributed by atoms with E-state index in [4.69, 9.17) is 5.73 Å². The number of thioether (sulfide) groups is 1. The number of nitrogen functional groups attached to an aromatic ring is 1. The summed E-state index contributed by atoms with van der Waals surface area (Å²) < 4.78 is 3.11. The van der Waals surface area contributed by atoms with Crippen LogP contribution < -0.4 is 27.3 Å². The first-order valence-corrected chi connectivity index (χ1v) is 11.9. The van der Waals surface area contributed by atoms with Gasteiger partial charge in [-0.25, -0.2) is 0 Å². The zero-order valence-electron chi connectivity index (χ0n) is 18.3. The number of benzene rings is 2. The van der Waals surface area contributed by atoms with Crippen LogP contribution in [0.4, 0.5) is 5.69 Å². The first kappa shape index (κ1) is 24.2. The molecule has 2 N–H and O–H groups in total. The smallest absolute Gasteiger partial charge is 0.259 e. The van der Waals surface area contributed by atoms with Crippen LogP contribution in [0, 0.1) is 20.8 Å². The number of hydrogen-bond donors (Lipinski definition) is 1. The maximum atomic E-state index is 13.2. The Labute approximate surface area is 208 Å². The van der Waals surface area contributed by atoms with Crippen LogP contribution in [0.3, 0.4) is 0 Å². The molecule has 0 saturated carbocycles. The molecule has 0 atom stereocenters. The van der Waals surface area contributed by atoms with Gasteiger partial charge in [0.1, 0.15) is 14.8 Å². The zero-order valence-corrected chi connectivity index (χ0v) is 21.5. The van der Waals surface area contributed by atoms with Crippen molar-refractivity contribution in [3.8, 4) is 5.69 Å². The number of nitrogens with zero attached hydrogens (tertiary/aromatic N) is 1. The molecule has 0 aliphatic carbocycles. The summed E-state index contributed by atoms with van der Waals surface area (Å²) in [5, 5.41) is 0. The van der Waals surface area contributed by atoms with E-state index in [-0.39, 0.29) is 22.8 Å². The van der Waals surface area contributed by atoms with Crippen molar-refractivity contribution in [1.82, 2.24) is 0 Å². The predicted octanol–water partition coefficient (Wildman–Crippen LogP) is 3.06. The molecule has 164 valence electrons. The summed E-state index contributed by atoms with van der Waals surface area (Å²) in [6.45, 7) is 6.23. The van der Waals surface area contributed by atoms with E-state index in [9.17, 15) is 4.79 Å². The molecule has 4 rings (SSSR count). The molecule has 0 aliphatic rings. The van der Waals surface area contributed by atoms with Gasteiger partial charge in [0.15, 0.2) is 12.4 Å². The third-order valence-corrected chi connectivity index (χ3v) is 7.54. The molecule has 0 fully saturated rings. The van der Waals surface area contributed by atoms with Crippen molar-refractivity contribution in [1.29, 1.82) is 0 Å². The van der Waals surface area contributed by atoms with Crippen molar-refractivity contribution in [3.05, 3.63) is 106 Å². The fourth-order valence-corrected chi connectivity index (χ4v) is 5.94. The Morgan fingerprint density at radius 1 is 0.938 bits per heavy atom. The molecule has 0 bridgehead atoms. The number of halogens is 1. The van der Waals surface area contributed by atoms with Gasteiger partial charge in [-0.2, -0.15) is 4.57 Å². The average molecular weight is 526 g/mol. The molecule has 3 nitrogen and oxygen atoms in total. The highest BCUT2D eigenvalue weighted by Crippen LogP contribution is 2.41. The van der Waals surface area contributed by atoms with Gasteiger partial charge in [0.05, 0.1) is 0 Å². The summed E-state index contributed by atoms with van der Waals surface area (Å²) >= 11 is 3.21. The van der Waals surface area contributed by atoms with Crippen molar-refractivity contribution >= 4 is 34.6 Å². The summed E-state index contributed by atoms with van der Waals surface area (Å²) in [7, 11) is 0. The van der Waals surface area contributed by atoms with Crippen LogP contribution in [0.25, 0.3) is 5.69 Å². The maximum Gasteiger partial charge on any atom is 0.259 e. The lowest BCUT2D eigenvalue weighted by atomic mass is 10.1. The van der Waals surface area contributed by atoms with E-state index in [2.05, 4.69) is 68.1 Å². The second kappa shape index (κ2) is 10.5. The van der Waals surface area contributed by atoms with E-state index in [0.29, 0.717) is 16.1 Å². The highest BCUT2D eigenvalue weighted by Gasteiger charge is 2.28. The molecule has 0 radical (unpaired) electrons. The first-order valence-electron chi connectivity index (χ1n) is 10.1. The number of pyridine rings is 1. The number of aryl methyl sites for hydroxylation is 3. The van der Waals surface area contributed by atoms with Crippen molar-refractivity contribution in [2.24, 2.45) is 0 Å². The van der Waals surface area contributed by atoms with Gasteiger partial charge in [-0.15, -0.1) is 23.1 Å². The summed E-state index contributed by atoms with van der Waals surface area (Å²) in [5.41, 5.74) is 13.5. The van der Waals surface area contributed by atoms with E-state index >= 15 is 0 Å². The fraction of sp³-hybridized carbons (Fsp3) is 0.154. The number of anilines is 1. The van der Waals surface area contributed by atoms with Crippen LogP contribution in [-0.4, -0.2) is 5.78 Å². The Bertz CT molecular complexity index is 1210. The topological polar surface area (TPSA) is 47.0 Å². The third-order valence-electron chi connectivity index (χ3n) is 5.02. The lowest BCUT2D eigenvalue weighted by molar-refractivity contribution is -0.597.